The van der Waals surface area contributed by atoms with Crippen LogP contribution in [0.2, 0.25) is 0 Å². The summed E-state index contributed by atoms with van der Waals surface area (Å²) in [6.45, 7) is 10.4. The van der Waals surface area contributed by atoms with Gasteiger partial charge in [-0.3, -0.25) is 10.1 Å². The van der Waals surface area contributed by atoms with Crippen molar-refractivity contribution in [3.63, 3.8) is 0 Å². The van der Waals surface area contributed by atoms with E-state index in [9.17, 15) is 22.8 Å². The van der Waals surface area contributed by atoms with E-state index in [1.807, 2.05) is 20.8 Å². The Morgan fingerprint density at radius 1 is 0.974 bits per heavy atom. The number of halogens is 4. The maximum atomic E-state index is 15.9. The molecule has 2 N–H and O–H groups in total. The van der Waals surface area contributed by atoms with Crippen LogP contribution in [0.15, 0.2) is 36.4 Å². The Kier molecular flexibility index (Phi) is 9.43. The average molecular weight is 536 g/mol. The van der Waals surface area contributed by atoms with Crippen LogP contribution >= 0.6 is 0 Å². The summed E-state index contributed by atoms with van der Waals surface area (Å²) in [6, 6.07) is 7.23. The smallest absolute Gasteiger partial charge is 0.416 e. The fraction of sp³-hybridized carbons (Fsp3) is 0.429. The van der Waals surface area contributed by atoms with Crippen molar-refractivity contribution in [3.05, 3.63) is 53.3 Å². The molecular formula is C28H33F4N3O3. The summed E-state index contributed by atoms with van der Waals surface area (Å²) in [7, 11) is 0. The lowest BCUT2D eigenvalue weighted by atomic mass is 9.92. The van der Waals surface area contributed by atoms with Crippen LogP contribution in [0.4, 0.5) is 39.4 Å². The number of carbonyl (C=O) groups is 2. The fourth-order valence-corrected chi connectivity index (χ4v) is 3.47. The first-order valence-corrected chi connectivity index (χ1v) is 11.9. The molecule has 0 bridgehead atoms. The summed E-state index contributed by atoms with van der Waals surface area (Å²) in [5.41, 5.74) is -1.90. The minimum absolute atomic E-state index is 0.0130. The fourth-order valence-electron chi connectivity index (χ4n) is 3.47. The molecule has 6 nitrogen and oxygen atoms in total. The normalized spacial score (nSPS) is 11.9. The summed E-state index contributed by atoms with van der Waals surface area (Å²) in [6.07, 6.45) is 0.197. The van der Waals surface area contributed by atoms with E-state index in [1.165, 1.54) is 29.2 Å². The Hall–Kier alpha value is -3.74. The molecule has 2 rings (SSSR count). The number of hydrogen-bond donors (Lipinski definition) is 2. The van der Waals surface area contributed by atoms with Crippen LogP contribution in [0, 0.1) is 23.6 Å². The van der Waals surface area contributed by atoms with E-state index in [1.54, 1.807) is 20.8 Å². The van der Waals surface area contributed by atoms with E-state index in [-0.39, 0.29) is 47.9 Å². The van der Waals surface area contributed by atoms with Gasteiger partial charge >= 0.3 is 12.3 Å². The van der Waals surface area contributed by atoms with Crippen LogP contribution in [0.1, 0.15) is 59.1 Å². The van der Waals surface area contributed by atoms with Crippen molar-refractivity contribution in [2.24, 2.45) is 5.41 Å². The number of ether oxygens (including phenoxy) is 1. The maximum absolute atomic E-state index is 15.9. The SMILES string of the molecule is C#CCN(Cc1ccc(C(F)(F)F)cc1)c1ccc(NC(=O)CC(C)(C)C)c(NC(=O)OC(C)(C)C)c1F. The van der Waals surface area contributed by atoms with Crippen LogP contribution in [0.5, 0.6) is 0 Å². The highest BCUT2D eigenvalue weighted by atomic mass is 19.4. The van der Waals surface area contributed by atoms with Crippen molar-refractivity contribution in [3.8, 4) is 12.3 Å². The molecule has 10 heteroatoms. The molecule has 0 aromatic heterocycles. The predicted molar refractivity (Wildman–Crippen MR) is 140 cm³/mol. The number of amides is 2. The van der Waals surface area contributed by atoms with Crippen molar-refractivity contribution >= 4 is 29.1 Å². The van der Waals surface area contributed by atoms with Crippen molar-refractivity contribution in [2.45, 2.75) is 66.3 Å². The van der Waals surface area contributed by atoms with Gasteiger partial charge in [0.1, 0.15) is 11.3 Å². The summed E-state index contributed by atoms with van der Waals surface area (Å²) in [4.78, 5) is 26.5. The van der Waals surface area contributed by atoms with Gasteiger partial charge in [-0.25, -0.2) is 9.18 Å². The van der Waals surface area contributed by atoms with Crippen LogP contribution in [-0.4, -0.2) is 24.1 Å². The number of anilines is 3. The van der Waals surface area contributed by atoms with Gasteiger partial charge in [0, 0.05) is 13.0 Å². The predicted octanol–water partition coefficient (Wildman–Crippen LogP) is 7.21. The molecule has 0 aliphatic rings. The Labute approximate surface area is 220 Å². The van der Waals surface area contributed by atoms with Gasteiger partial charge in [0.25, 0.3) is 0 Å². The Balaban J connectivity index is 2.47. The van der Waals surface area contributed by atoms with E-state index < -0.39 is 29.3 Å². The highest BCUT2D eigenvalue weighted by Crippen LogP contribution is 2.35. The number of nitrogens with one attached hydrogen (secondary N) is 2. The molecule has 0 spiro atoms. The highest BCUT2D eigenvalue weighted by Gasteiger charge is 2.30. The second kappa shape index (κ2) is 11.8. The molecular weight excluding hydrogens is 502 g/mol. The number of hydrogen-bond acceptors (Lipinski definition) is 4. The summed E-state index contributed by atoms with van der Waals surface area (Å²) in [5, 5.41) is 5.00. The van der Waals surface area contributed by atoms with E-state index >= 15 is 4.39 Å². The largest absolute Gasteiger partial charge is 0.444 e. The van der Waals surface area contributed by atoms with Crippen LogP contribution in [-0.2, 0) is 22.3 Å². The van der Waals surface area contributed by atoms with E-state index in [0.29, 0.717) is 5.56 Å². The second-order valence-corrected chi connectivity index (χ2v) is 11.0. The first-order valence-electron chi connectivity index (χ1n) is 11.9. The molecule has 0 aliphatic carbocycles. The monoisotopic (exact) mass is 535 g/mol. The molecule has 0 aliphatic heterocycles. The summed E-state index contributed by atoms with van der Waals surface area (Å²) >= 11 is 0. The van der Waals surface area contributed by atoms with Gasteiger partial charge in [0.2, 0.25) is 5.91 Å². The second-order valence-electron chi connectivity index (χ2n) is 11.0. The third kappa shape index (κ3) is 9.29. The molecule has 2 aromatic rings. The number of terminal acetylenes is 1. The molecule has 38 heavy (non-hydrogen) atoms. The van der Waals surface area contributed by atoms with Crippen molar-refractivity contribution < 1.29 is 31.9 Å². The number of benzene rings is 2. The molecule has 0 fully saturated rings. The van der Waals surface area contributed by atoms with E-state index in [0.717, 1.165) is 12.1 Å². The molecule has 0 atom stereocenters. The molecule has 206 valence electrons. The lowest BCUT2D eigenvalue weighted by Gasteiger charge is -2.26. The van der Waals surface area contributed by atoms with Crippen molar-refractivity contribution in [1.29, 1.82) is 0 Å². The summed E-state index contributed by atoms with van der Waals surface area (Å²) in [5.74, 6) is 1.13. The molecule has 0 heterocycles. The lowest BCUT2D eigenvalue weighted by molar-refractivity contribution is -0.137. The van der Waals surface area contributed by atoms with Crippen molar-refractivity contribution in [1.82, 2.24) is 0 Å². The zero-order chi connectivity index (χ0) is 28.9. The average Bonchev–Trinajstić information content (AvgIpc) is 2.73. The summed E-state index contributed by atoms with van der Waals surface area (Å²) < 4.78 is 60.0. The van der Waals surface area contributed by atoms with Crippen LogP contribution in [0.3, 0.4) is 0 Å². The maximum Gasteiger partial charge on any atom is 0.416 e. The van der Waals surface area contributed by atoms with Gasteiger partial charge < -0.3 is 15.0 Å². The molecule has 0 saturated carbocycles. The van der Waals surface area contributed by atoms with Gasteiger partial charge in [0.05, 0.1) is 23.5 Å². The zero-order valence-corrected chi connectivity index (χ0v) is 22.3. The van der Waals surface area contributed by atoms with Gasteiger partial charge in [-0.15, -0.1) is 6.42 Å². The number of alkyl halides is 3. The quantitative estimate of drug-likeness (QED) is 0.290. The Morgan fingerprint density at radius 3 is 2.08 bits per heavy atom. The minimum Gasteiger partial charge on any atom is -0.444 e. The minimum atomic E-state index is -4.49. The Bertz CT molecular complexity index is 1190. The topological polar surface area (TPSA) is 70.7 Å². The molecule has 2 amide bonds. The molecule has 2 aromatic carbocycles. The third-order valence-electron chi connectivity index (χ3n) is 4.99. The van der Waals surface area contributed by atoms with Gasteiger partial charge in [-0.05, 0) is 56.0 Å². The number of carbonyl (C=O) groups excluding carboxylic acids is 2. The molecule has 0 saturated heterocycles. The lowest BCUT2D eigenvalue weighted by Crippen LogP contribution is -2.29. The van der Waals surface area contributed by atoms with Crippen LogP contribution in [0.25, 0.3) is 0 Å². The van der Waals surface area contributed by atoms with E-state index in [4.69, 9.17) is 11.2 Å². The van der Waals surface area contributed by atoms with Gasteiger partial charge in [-0.1, -0.05) is 38.8 Å². The third-order valence-corrected chi connectivity index (χ3v) is 4.99. The molecule has 0 radical (unpaired) electrons. The number of rotatable bonds is 7. The zero-order valence-electron chi connectivity index (χ0n) is 22.3. The van der Waals surface area contributed by atoms with Gasteiger partial charge in [-0.2, -0.15) is 13.2 Å². The van der Waals surface area contributed by atoms with Crippen LogP contribution < -0.4 is 15.5 Å². The standard InChI is InChI=1S/C28H33F4N3O3/c1-8-15-35(17-18-9-11-19(12-10-18)28(30,31)32)21-14-13-20(33-22(36)16-26(2,3)4)24(23(21)29)34-25(37)38-27(5,6)7/h1,9-14H,15-17H2,2-7H3,(H,33,36)(H,34,37). The van der Waals surface area contributed by atoms with Crippen molar-refractivity contribution in [2.75, 3.05) is 22.1 Å². The van der Waals surface area contributed by atoms with Gasteiger partial charge in [0.15, 0.2) is 5.82 Å². The molecule has 0 unspecified atom stereocenters. The first kappa shape index (κ1) is 30.5. The number of nitrogens with zero attached hydrogens (tertiary/aromatic N) is 1. The first-order chi connectivity index (χ1) is 17.4. The Morgan fingerprint density at radius 2 is 1.58 bits per heavy atom. The van der Waals surface area contributed by atoms with E-state index in [2.05, 4.69) is 16.6 Å². The highest BCUT2D eigenvalue weighted by molar-refractivity contribution is 5.99.